The van der Waals surface area contributed by atoms with Crippen LogP contribution in [0, 0.1) is 17.8 Å². The Morgan fingerprint density at radius 1 is 0.794 bits per heavy atom. The summed E-state index contributed by atoms with van der Waals surface area (Å²) in [7, 11) is 0. The van der Waals surface area contributed by atoms with E-state index in [0.29, 0.717) is 32.2 Å². The summed E-state index contributed by atoms with van der Waals surface area (Å²) in [6, 6.07) is -3.62. The van der Waals surface area contributed by atoms with Gasteiger partial charge in [0.05, 0.1) is 6.04 Å². The minimum Gasteiger partial charge on any atom is -0.480 e. The van der Waals surface area contributed by atoms with Crippen LogP contribution in [-0.4, -0.2) is 59.5 Å². The lowest BCUT2D eigenvalue weighted by molar-refractivity contribution is -0.143. The van der Waals surface area contributed by atoms with Gasteiger partial charge in [-0.15, -0.1) is 0 Å². The van der Waals surface area contributed by atoms with Gasteiger partial charge in [0, 0.05) is 0 Å². The number of carboxylic acids is 1. The highest BCUT2D eigenvalue weighted by Gasteiger charge is 2.33. The molecule has 198 valence electrons. The maximum atomic E-state index is 13.2. The molecule has 8 N–H and O–H groups in total. The van der Waals surface area contributed by atoms with Crippen LogP contribution >= 0.6 is 0 Å². The monoisotopic (exact) mass is 485 g/mol. The Balaban J connectivity index is 5.59. The maximum Gasteiger partial charge on any atom is 0.326 e. The van der Waals surface area contributed by atoms with E-state index < -0.39 is 47.9 Å². The summed E-state index contributed by atoms with van der Waals surface area (Å²) in [4.78, 5) is 50.4. The molecule has 0 aromatic carbocycles. The largest absolute Gasteiger partial charge is 0.480 e. The van der Waals surface area contributed by atoms with E-state index in [2.05, 4.69) is 16.0 Å². The highest BCUT2D eigenvalue weighted by atomic mass is 16.4. The van der Waals surface area contributed by atoms with Crippen molar-refractivity contribution in [3.8, 4) is 0 Å². The highest BCUT2D eigenvalue weighted by molar-refractivity contribution is 5.94. The van der Waals surface area contributed by atoms with Gasteiger partial charge in [0.2, 0.25) is 17.7 Å². The van der Waals surface area contributed by atoms with Crippen molar-refractivity contribution in [3.05, 3.63) is 0 Å². The van der Waals surface area contributed by atoms with Crippen molar-refractivity contribution in [2.24, 2.45) is 29.2 Å². The third-order valence-corrected chi connectivity index (χ3v) is 6.25. The summed E-state index contributed by atoms with van der Waals surface area (Å²) in [6.45, 7) is 11.7. The summed E-state index contributed by atoms with van der Waals surface area (Å²) < 4.78 is 0. The quantitative estimate of drug-likeness (QED) is 0.167. The van der Waals surface area contributed by atoms with E-state index in [9.17, 15) is 24.3 Å². The molecular weight excluding hydrogens is 438 g/mol. The molecule has 0 aliphatic rings. The van der Waals surface area contributed by atoms with Gasteiger partial charge < -0.3 is 32.5 Å². The molecule has 0 heterocycles. The van der Waals surface area contributed by atoms with E-state index >= 15 is 0 Å². The molecule has 0 bridgehead atoms. The molecule has 10 heteroatoms. The van der Waals surface area contributed by atoms with E-state index in [1.807, 2.05) is 41.5 Å². The Bertz CT molecular complexity index is 658. The first-order valence-electron chi connectivity index (χ1n) is 12.5. The maximum absolute atomic E-state index is 13.2. The first-order chi connectivity index (χ1) is 15.9. The number of nitrogens with two attached hydrogens (primary N) is 2. The predicted molar refractivity (Wildman–Crippen MR) is 133 cm³/mol. The third-order valence-electron chi connectivity index (χ3n) is 6.25. The number of carbonyl (C=O) groups is 4. The van der Waals surface area contributed by atoms with Crippen molar-refractivity contribution in [1.82, 2.24) is 16.0 Å². The average molecular weight is 486 g/mol. The fourth-order valence-corrected chi connectivity index (χ4v) is 3.45. The van der Waals surface area contributed by atoms with Crippen LogP contribution in [0.15, 0.2) is 0 Å². The summed E-state index contributed by atoms with van der Waals surface area (Å²) in [5, 5.41) is 17.5. The molecule has 3 amide bonds. The lowest BCUT2D eigenvalue weighted by Gasteiger charge is -2.29. The molecule has 0 aromatic rings. The molecule has 0 spiro atoms. The van der Waals surface area contributed by atoms with Gasteiger partial charge in [-0.3, -0.25) is 14.4 Å². The summed E-state index contributed by atoms with van der Waals surface area (Å²) in [5.41, 5.74) is 11.6. The van der Waals surface area contributed by atoms with E-state index in [0.717, 1.165) is 6.42 Å². The van der Waals surface area contributed by atoms with Crippen LogP contribution < -0.4 is 27.4 Å². The zero-order valence-corrected chi connectivity index (χ0v) is 21.7. The Morgan fingerprint density at radius 3 is 1.82 bits per heavy atom. The van der Waals surface area contributed by atoms with Gasteiger partial charge in [-0.05, 0) is 50.0 Å². The standard InChI is InChI=1S/C24H47N5O5/c1-7-15(5)19(26)22(31)27-17(11-9-10-12-25)21(30)29-20(16(6)8-2)23(32)28-18(24(33)34)13-14(3)4/h14-20H,7-13,25-26H2,1-6H3,(H,27,31)(H,28,32)(H,29,30)(H,33,34). The average Bonchev–Trinajstić information content (AvgIpc) is 2.79. The molecule has 0 aliphatic heterocycles. The van der Waals surface area contributed by atoms with Gasteiger partial charge >= 0.3 is 5.97 Å². The van der Waals surface area contributed by atoms with Crippen LogP contribution in [0.3, 0.4) is 0 Å². The zero-order chi connectivity index (χ0) is 26.4. The molecule has 0 saturated carbocycles. The Labute approximate surface area is 204 Å². The molecule has 6 atom stereocenters. The second-order valence-electron chi connectivity index (χ2n) is 9.66. The number of unbranched alkanes of at least 4 members (excludes halogenated alkanes) is 1. The third kappa shape index (κ3) is 11.3. The number of hydrogen-bond donors (Lipinski definition) is 6. The Hall–Kier alpha value is -2.20. The number of carboxylic acid groups (broad SMARTS) is 1. The molecule has 6 unspecified atom stereocenters. The van der Waals surface area contributed by atoms with Crippen LogP contribution in [0.1, 0.15) is 80.1 Å². The minimum atomic E-state index is -1.12. The van der Waals surface area contributed by atoms with Crippen molar-refractivity contribution >= 4 is 23.7 Å². The molecule has 0 rings (SSSR count). The van der Waals surface area contributed by atoms with E-state index in [1.54, 1.807) is 0 Å². The van der Waals surface area contributed by atoms with Crippen molar-refractivity contribution in [3.63, 3.8) is 0 Å². The molecule has 10 nitrogen and oxygen atoms in total. The first kappa shape index (κ1) is 31.8. The SMILES string of the molecule is CCC(C)C(N)C(=O)NC(CCCCN)C(=O)NC(C(=O)NC(CC(C)C)C(=O)O)C(C)CC. The van der Waals surface area contributed by atoms with Gasteiger partial charge in [-0.2, -0.15) is 0 Å². The van der Waals surface area contributed by atoms with Crippen LogP contribution in [0.4, 0.5) is 0 Å². The van der Waals surface area contributed by atoms with Gasteiger partial charge in [0.15, 0.2) is 0 Å². The fourth-order valence-electron chi connectivity index (χ4n) is 3.45. The molecule has 0 fully saturated rings. The molecule has 0 radical (unpaired) electrons. The number of rotatable bonds is 17. The van der Waals surface area contributed by atoms with Crippen LogP contribution in [0.2, 0.25) is 0 Å². The molecular formula is C24H47N5O5. The fraction of sp³-hybridized carbons (Fsp3) is 0.833. The lowest BCUT2D eigenvalue weighted by atomic mass is 9.96. The van der Waals surface area contributed by atoms with Crippen LogP contribution in [-0.2, 0) is 19.2 Å². The molecule has 0 aliphatic carbocycles. The Kier molecular flexibility index (Phi) is 15.4. The second kappa shape index (κ2) is 16.4. The van der Waals surface area contributed by atoms with Crippen LogP contribution in [0.25, 0.3) is 0 Å². The zero-order valence-electron chi connectivity index (χ0n) is 21.7. The number of carbonyl (C=O) groups excluding carboxylic acids is 3. The summed E-state index contributed by atoms with van der Waals surface area (Å²) in [6.07, 6.45) is 3.22. The van der Waals surface area contributed by atoms with Gasteiger partial charge in [-0.1, -0.05) is 54.4 Å². The van der Waals surface area contributed by atoms with Crippen molar-refractivity contribution in [1.29, 1.82) is 0 Å². The predicted octanol–water partition coefficient (Wildman–Crippen LogP) is 1.12. The van der Waals surface area contributed by atoms with Crippen molar-refractivity contribution < 1.29 is 24.3 Å². The first-order valence-corrected chi connectivity index (χ1v) is 12.5. The Morgan fingerprint density at radius 2 is 1.35 bits per heavy atom. The molecule has 0 aromatic heterocycles. The summed E-state index contributed by atoms with van der Waals surface area (Å²) in [5.74, 6) is -2.84. The minimum absolute atomic E-state index is 0.0553. The smallest absolute Gasteiger partial charge is 0.326 e. The molecule has 34 heavy (non-hydrogen) atoms. The van der Waals surface area contributed by atoms with E-state index in [4.69, 9.17) is 11.5 Å². The topological polar surface area (TPSA) is 177 Å². The summed E-state index contributed by atoms with van der Waals surface area (Å²) >= 11 is 0. The van der Waals surface area contributed by atoms with Gasteiger partial charge in [0.25, 0.3) is 0 Å². The lowest BCUT2D eigenvalue weighted by Crippen LogP contribution is -2.59. The van der Waals surface area contributed by atoms with Gasteiger partial charge in [-0.25, -0.2) is 4.79 Å². The number of amides is 3. The van der Waals surface area contributed by atoms with E-state index in [-0.39, 0.29) is 24.2 Å². The highest BCUT2D eigenvalue weighted by Crippen LogP contribution is 2.13. The molecule has 0 saturated heterocycles. The van der Waals surface area contributed by atoms with Crippen molar-refractivity contribution in [2.75, 3.05) is 6.54 Å². The van der Waals surface area contributed by atoms with Gasteiger partial charge in [0.1, 0.15) is 18.1 Å². The number of aliphatic carboxylic acids is 1. The number of nitrogens with one attached hydrogen (secondary N) is 3. The normalized spacial score (nSPS) is 16.6. The second-order valence-corrected chi connectivity index (χ2v) is 9.66. The number of hydrogen-bond acceptors (Lipinski definition) is 6. The van der Waals surface area contributed by atoms with Crippen LogP contribution in [0.5, 0.6) is 0 Å². The van der Waals surface area contributed by atoms with Crippen molar-refractivity contribution in [2.45, 2.75) is 104 Å². The van der Waals surface area contributed by atoms with E-state index in [1.165, 1.54) is 0 Å².